The standard InChI is InChI=1S/C17H24N2O/c1-3-13-4-6-15(7-5-13)17-18-10-16(20)19(17)11-12(2)14-8-9-14/h4-7,12,14,17-18H,3,8-11H2,1-2H3. The van der Waals surface area contributed by atoms with Crippen molar-refractivity contribution in [2.45, 2.75) is 39.3 Å². The molecule has 2 atom stereocenters. The van der Waals surface area contributed by atoms with E-state index in [0.717, 1.165) is 18.9 Å². The van der Waals surface area contributed by atoms with Gasteiger partial charge in [-0.25, -0.2) is 0 Å². The highest BCUT2D eigenvalue weighted by molar-refractivity contribution is 5.81. The molecule has 2 unspecified atom stereocenters. The number of hydrogen-bond donors (Lipinski definition) is 1. The van der Waals surface area contributed by atoms with Crippen LogP contribution in [0.2, 0.25) is 0 Å². The minimum Gasteiger partial charge on any atom is -0.322 e. The summed E-state index contributed by atoms with van der Waals surface area (Å²) < 4.78 is 0. The molecule has 20 heavy (non-hydrogen) atoms. The second-order valence-corrected chi connectivity index (χ2v) is 6.24. The zero-order chi connectivity index (χ0) is 14.1. The third kappa shape index (κ3) is 2.73. The first-order valence-electron chi connectivity index (χ1n) is 7.80. The van der Waals surface area contributed by atoms with E-state index in [1.54, 1.807) is 0 Å². The molecule has 1 aromatic carbocycles. The van der Waals surface area contributed by atoms with Gasteiger partial charge in [0, 0.05) is 6.54 Å². The Morgan fingerprint density at radius 2 is 2.00 bits per heavy atom. The predicted octanol–water partition coefficient (Wildman–Crippen LogP) is 2.73. The Labute approximate surface area is 121 Å². The molecule has 108 valence electrons. The molecular formula is C17H24N2O. The molecule has 3 nitrogen and oxygen atoms in total. The number of hydrogen-bond acceptors (Lipinski definition) is 2. The fourth-order valence-corrected chi connectivity index (χ4v) is 3.10. The number of amides is 1. The lowest BCUT2D eigenvalue weighted by Crippen LogP contribution is -2.34. The van der Waals surface area contributed by atoms with Gasteiger partial charge < -0.3 is 4.90 Å². The van der Waals surface area contributed by atoms with E-state index in [9.17, 15) is 4.79 Å². The van der Waals surface area contributed by atoms with Crippen LogP contribution in [0, 0.1) is 11.8 Å². The summed E-state index contributed by atoms with van der Waals surface area (Å²) in [5.41, 5.74) is 2.55. The number of carbonyl (C=O) groups excluding carboxylic acids is 1. The van der Waals surface area contributed by atoms with E-state index >= 15 is 0 Å². The summed E-state index contributed by atoms with van der Waals surface area (Å²) in [6.07, 6.45) is 3.80. The molecule has 2 aliphatic rings. The van der Waals surface area contributed by atoms with Gasteiger partial charge in [-0.1, -0.05) is 38.1 Å². The maximum absolute atomic E-state index is 12.1. The zero-order valence-corrected chi connectivity index (χ0v) is 12.4. The summed E-state index contributed by atoms with van der Waals surface area (Å²) in [5.74, 6) is 1.70. The smallest absolute Gasteiger partial charge is 0.238 e. The summed E-state index contributed by atoms with van der Waals surface area (Å²) in [5, 5.41) is 3.35. The summed E-state index contributed by atoms with van der Waals surface area (Å²) in [6.45, 7) is 5.80. The first kappa shape index (κ1) is 13.6. The minimum atomic E-state index is 0.0645. The van der Waals surface area contributed by atoms with Gasteiger partial charge in [0.15, 0.2) is 0 Å². The molecule has 1 aromatic rings. The Kier molecular flexibility index (Phi) is 3.79. The van der Waals surface area contributed by atoms with E-state index in [2.05, 4.69) is 43.4 Å². The summed E-state index contributed by atoms with van der Waals surface area (Å²) in [4.78, 5) is 14.2. The lowest BCUT2D eigenvalue weighted by Gasteiger charge is -2.27. The normalized spacial score (nSPS) is 24.2. The predicted molar refractivity (Wildman–Crippen MR) is 80.2 cm³/mol. The Balaban J connectivity index is 1.73. The van der Waals surface area contributed by atoms with E-state index in [1.165, 1.54) is 24.0 Å². The number of aryl methyl sites for hydroxylation is 1. The molecule has 0 bridgehead atoms. The molecule has 1 aliphatic heterocycles. The van der Waals surface area contributed by atoms with Crippen LogP contribution in [0.1, 0.15) is 44.0 Å². The van der Waals surface area contributed by atoms with Crippen LogP contribution in [0.5, 0.6) is 0 Å². The Bertz CT molecular complexity index is 478. The van der Waals surface area contributed by atoms with Crippen LogP contribution in [0.4, 0.5) is 0 Å². The van der Waals surface area contributed by atoms with Gasteiger partial charge in [-0.2, -0.15) is 0 Å². The fraction of sp³-hybridized carbons (Fsp3) is 0.588. The van der Waals surface area contributed by atoms with E-state index in [0.29, 0.717) is 12.5 Å². The van der Waals surface area contributed by atoms with Crippen LogP contribution in [0.3, 0.4) is 0 Å². The quantitative estimate of drug-likeness (QED) is 0.894. The topological polar surface area (TPSA) is 32.3 Å². The van der Waals surface area contributed by atoms with Gasteiger partial charge in [-0.05, 0) is 42.2 Å². The molecule has 1 saturated heterocycles. The van der Waals surface area contributed by atoms with Crippen molar-refractivity contribution >= 4 is 5.91 Å². The molecular weight excluding hydrogens is 248 g/mol. The Morgan fingerprint density at radius 1 is 1.30 bits per heavy atom. The van der Waals surface area contributed by atoms with Crippen LogP contribution in [-0.4, -0.2) is 23.9 Å². The van der Waals surface area contributed by atoms with Gasteiger partial charge in [-0.3, -0.25) is 10.1 Å². The first-order valence-corrected chi connectivity index (χ1v) is 7.80. The number of carbonyl (C=O) groups is 1. The van der Waals surface area contributed by atoms with E-state index in [-0.39, 0.29) is 12.1 Å². The second-order valence-electron chi connectivity index (χ2n) is 6.24. The van der Waals surface area contributed by atoms with Crippen LogP contribution >= 0.6 is 0 Å². The monoisotopic (exact) mass is 272 g/mol. The maximum atomic E-state index is 12.1. The largest absolute Gasteiger partial charge is 0.322 e. The van der Waals surface area contributed by atoms with Gasteiger partial charge >= 0.3 is 0 Å². The lowest BCUT2D eigenvalue weighted by atomic mass is 10.0. The average molecular weight is 272 g/mol. The highest BCUT2D eigenvalue weighted by Gasteiger charge is 2.36. The molecule has 0 radical (unpaired) electrons. The van der Waals surface area contributed by atoms with Gasteiger partial charge in [0.05, 0.1) is 6.54 Å². The van der Waals surface area contributed by atoms with Crippen LogP contribution < -0.4 is 5.32 Å². The highest BCUT2D eigenvalue weighted by atomic mass is 16.2. The molecule has 1 saturated carbocycles. The van der Waals surface area contributed by atoms with Crippen molar-refractivity contribution in [2.75, 3.05) is 13.1 Å². The van der Waals surface area contributed by atoms with Crippen molar-refractivity contribution in [3.8, 4) is 0 Å². The molecule has 0 aromatic heterocycles. The van der Waals surface area contributed by atoms with Gasteiger partial charge in [-0.15, -0.1) is 0 Å². The molecule has 3 rings (SSSR count). The van der Waals surface area contributed by atoms with E-state index < -0.39 is 0 Å². The molecule has 1 amide bonds. The van der Waals surface area contributed by atoms with Crippen molar-refractivity contribution < 1.29 is 4.79 Å². The Hall–Kier alpha value is -1.35. The molecule has 1 aliphatic carbocycles. The summed E-state index contributed by atoms with van der Waals surface area (Å²) in [6, 6.07) is 8.65. The van der Waals surface area contributed by atoms with E-state index in [1.807, 2.05) is 4.90 Å². The van der Waals surface area contributed by atoms with Crippen LogP contribution in [0.25, 0.3) is 0 Å². The van der Waals surface area contributed by atoms with Gasteiger partial charge in [0.25, 0.3) is 0 Å². The fourth-order valence-electron chi connectivity index (χ4n) is 3.10. The van der Waals surface area contributed by atoms with Crippen molar-refractivity contribution in [3.63, 3.8) is 0 Å². The third-order valence-corrected chi connectivity index (χ3v) is 4.69. The summed E-state index contributed by atoms with van der Waals surface area (Å²) in [7, 11) is 0. The van der Waals surface area contributed by atoms with Crippen LogP contribution in [0.15, 0.2) is 24.3 Å². The number of nitrogens with one attached hydrogen (secondary N) is 1. The SMILES string of the molecule is CCc1ccc(C2NCC(=O)N2CC(C)C2CC2)cc1. The van der Waals surface area contributed by atoms with Crippen molar-refractivity contribution in [2.24, 2.45) is 11.8 Å². The highest BCUT2D eigenvalue weighted by Crippen LogP contribution is 2.38. The van der Waals surface area contributed by atoms with Gasteiger partial charge in [0.1, 0.15) is 6.17 Å². The summed E-state index contributed by atoms with van der Waals surface area (Å²) >= 11 is 0. The maximum Gasteiger partial charge on any atom is 0.238 e. The second kappa shape index (κ2) is 5.57. The van der Waals surface area contributed by atoms with E-state index in [4.69, 9.17) is 0 Å². The van der Waals surface area contributed by atoms with Crippen LogP contribution in [-0.2, 0) is 11.2 Å². The Morgan fingerprint density at radius 3 is 2.60 bits per heavy atom. The average Bonchev–Trinajstić information content (AvgIpc) is 3.26. The lowest BCUT2D eigenvalue weighted by molar-refractivity contribution is -0.128. The van der Waals surface area contributed by atoms with Crippen molar-refractivity contribution in [1.29, 1.82) is 0 Å². The first-order chi connectivity index (χ1) is 9.69. The minimum absolute atomic E-state index is 0.0645. The molecule has 3 heteroatoms. The van der Waals surface area contributed by atoms with Crippen molar-refractivity contribution in [1.82, 2.24) is 10.2 Å². The molecule has 1 heterocycles. The number of benzene rings is 1. The zero-order valence-electron chi connectivity index (χ0n) is 12.4. The van der Waals surface area contributed by atoms with Crippen molar-refractivity contribution in [3.05, 3.63) is 35.4 Å². The van der Waals surface area contributed by atoms with Gasteiger partial charge in [0.2, 0.25) is 5.91 Å². The molecule has 1 N–H and O–H groups in total. The number of nitrogens with zero attached hydrogens (tertiary/aromatic N) is 1. The molecule has 2 fully saturated rings. The number of rotatable bonds is 5. The molecule has 0 spiro atoms. The third-order valence-electron chi connectivity index (χ3n) is 4.69.